The number of amides is 2. The average molecular weight is 363 g/mol. The van der Waals surface area contributed by atoms with Crippen molar-refractivity contribution < 1.29 is 18.7 Å². The van der Waals surface area contributed by atoms with E-state index < -0.39 is 5.82 Å². The van der Waals surface area contributed by atoms with E-state index in [0.717, 1.165) is 0 Å². The van der Waals surface area contributed by atoms with E-state index >= 15 is 0 Å². The molecule has 1 fully saturated rings. The Morgan fingerprint density at radius 2 is 2.12 bits per heavy atom. The molecule has 2 aromatic carbocycles. The monoisotopic (exact) mass is 362 g/mol. The largest absolute Gasteiger partial charge is 0.496 e. The molecule has 0 unspecified atom stereocenters. The first-order valence-electron chi connectivity index (χ1n) is 7.68. The van der Waals surface area contributed by atoms with E-state index in [1.165, 1.54) is 30.2 Å². The van der Waals surface area contributed by atoms with Gasteiger partial charge in [-0.25, -0.2) is 4.39 Å². The number of methoxy groups -OCH3 is 1. The summed E-state index contributed by atoms with van der Waals surface area (Å²) in [6.07, 6.45) is 0.144. The highest BCUT2D eigenvalue weighted by molar-refractivity contribution is 6.31. The van der Waals surface area contributed by atoms with Crippen molar-refractivity contribution in [1.82, 2.24) is 5.32 Å². The molecule has 2 amide bonds. The van der Waals surface area contributed by atoms with Crippen LogP contribution >= 0.6 is 11.6 Å². The smallest absolute Gasteiger partial charge is 0.255 e. The number of rotatable bonds is 4. The minimum absolute atomic E-state index is 0.144. The second-order valence-corrected chi connectivity index (χ2v) is 6.14. The number of benzene rings is 2. The van der Waals surface area contributed by atoms with Crippen LogP contribution in [0.4, 0.5) is 10.1 Å². The molecule has 2 aromatic rings. The molecular formula is C18H16ClFN2O3. The quantitative estimate of drug-likeness (QED) is 0.909. The molecule has 1 N–H and O–H groups in total. The third-order valence-corrected chi connectivity index (χ3v) is 4.22. The Kier molecular flexibility index (Phi) is 4.90. The molecule has 7 heteroatoms. The summed E-state index contributed by atoms with van der Waals surface area (Å²) in [5.74, 6) is -0.568. The first-order valence-corrected chi connectivity index (χ1v) is 8.06. The molecule has 1 saturated heterocycles. The van der Waals surface area contributed by atoms with Crippen LogP contribution in [-0.4, -0.2) is 31.5 Å². The van der Waals surface area contributed by atoms with E-state index in [4.69, 9.17) is 16.3 Å². The van der Waals surface area contributed by atoms with Gasteiger partial charge in [0, 0.05) is 23.7 Å². The van der Waals surface area contributed by atoms with Gasteiger partial charge >= 0.3 is 0 Å². The number of nitrogens with zero attached hydrogens (tertiary/aromatic N) is 1. The van der Waals surface area contributed by atoms with Crippen molar-refractivity contribution in [2.24, 2.45) is 0 Å². The van der Waals surface area contributed by atoms with Crippen molar-refractivity contribution >= 4 is 29.1 Å². The number of carbonyl (C=O) groups excluding carboxylic acids is 2. The van der Waals surface area contributed by atoms with Gasteiger partial charge in [0.2, 0.25) is 5.91 Å². The van der Waals surface area contributed by atoms with Gasteiger partial charge in [-0.1, -0.05) is 17.7 Å². The summed E-state index contributed by atoms with van der Waals surface area (Å²) >= 11 is 5.94. The van der Waals surface area contributed by atoms with Crippen LogP contribution in [0.2, 0.25) is 5.02 Å². The van der Waals surface area contributed by atoms with Crippen molar-refractivity contribution in [3.05, 3.63) is 58.9 Å². The third-order valence-electron chi connectivity index (χ3n) is 3.99. The van der Waals surface area contributed by atoms with E-state index in [1.54, 1.807) is 24.3 Å². The standard InChI is InChI=1S/C18H16ClFN2O3/c1-25-16-6-5-11(19)7-15(16)18(24)21-13-9-17(23)22(10-13)14-4-2-3-12(20)8-14/h2-8,13H,9-10H2,1H3,(H,21,24)/t13-/m0/s1. The maximum Gasteiger partial charge on any atom is 0.255 e. The highest BCUT2D eigenvalue weighted by Crippen LogP contribution is 2.25. The minimum Gasteiger partial charge on any atom is -0.496 e. The Balaban J connectivity index is 1.73. The summed E-state index contributed by atoms with van der Waals surface area (Å²) in [5, 5.41) is 3.22. The van der Waals surface area contributed by atoms with Gasteiger partial charge < -0.3 is 15.0 Å². The molecule has 25 heavy (non-hydrogen) atoms. The number of ether oxygens (including phenoxy) is 1. The van der Waals surface area contributed by atoms with Crippen LogP contribution < -0.4 is 15.0 Å². The summed E-state index contributed by atoms with van der Waals surface area (Å²) in [4.78, 5) is 26.2. The number of halogens is 2. The van der Waals surface area contributed by atoms with Crippen LogP contribution in [0.25, 0.3) is 0 Å². The number of hydrogen-bond acceptors (Lipinski definition) is 3. The van der Waals surface area contributed by atoms with Crippen molar-refractivity contribution in [2.75, 3.05) is 18.6 Å². The molecule has 0 aliphatic carbocycles. The van der Waals surface area contributed by atoms with E-state index in [2.05, 4.69) is 5.32 Å². The van der Waals surface area contributed by atoms with Crippen molar-refractivity contribution in [2.45, 2.75) is 12.5 Å². The van der Waals surface area contributed by atoms with Gasteiger partial charge in [-0.05, 0) is 36.4 Å². The zero-order valence-electron chi connectivity index (χ0n) is 13.5. The molecule has 0 bridgehead atoms. The van der Waals surface area contributed by atoms with Crippen molar-refractivity contribution in [3.63, 3.8) is 0 Å². The number of nitrogens with one attached hydrogen (secondary N) is 1. The van der Waals surface area contributed by atoms with Crippen LogP contribution in [-0.2, 0) is 4.79 Å². The van der Waals surface area contributed by atoms with Gasteiger partial charge in [0.05, 0.1) is 18.7 Å². The number of anilines is 1. The second kappa shape index (κ2) is 7.11. The molecule has 3 rings (SSSR count). The van der Waals surface area contributed by atoms with Gasteiger partial charge in [-0.2, -0.15) is 0 Å². The predicted molar refractivity (Wildman–Crippen MR) is 92.6 cm³/mol. The zero-order chi connectivity index (χ0) is 18.0. The fourth-order valence-electron chi connectivity index (χ4n) is 2.82. The highest BCUT2D eigenvalue weighted by atomic mass is 35.5. The lowest BCUT2D eigenvalue weighted by atomic mass is 10.1. The molecule has 0 aromatic heterocycles. The molecule has 1 aliphatic rings. The van der Waals surface area contributed by atoms with Crippen LogP contribution in [0.5, 0.6) is 5.75 Å². The Bertz CT molecular complexity index is 828. The number of hydrogen-bond donors (Lipinski definition) is 1. The SMILES string of the molecule is COc1ccc(Cl)cc1C(=O)N[C@H]1CC(=O)N(c2cccc(F)c2)C1. The topological polar surface area (TPSA) is 58.6 Å². The van der Waals surface area contributed by atoms with E-state index in [9.17, 15) is 14.0 Å². The molecule has 1 atom stereocenters. The molecule has 1 heterocycles. The van der Waals surface area contributed by atoms with Crippen LogP contribution in [0.15, 0.2) is 42.5 Å². The summed E-state index contributed by atoms with van der Waals surface area (Å²) in [6.45, 7) is 0.275. The first-order chi connectivity index (χ1) is 12.0. The fourth-order valence-corrected chi connectivity index (χ4v) is 2.99. The lowest BCUT2D eigenvalue weighted by Crippen LogP contribution is -2.37. The third kappa shape index (κ3) is 3.74. The Morgan fingerprint density at radius 1 is 1.32 bits per heavy atom. The Morgan fingerprint density at radius 3 is 2.84 bits per heavy atom. The maximum absolute atomic E-state index is 13.4. The van der Waals surface area contributed by atoms with E-state index in [0.29, 0.717) is 22.0 Å². The molecule has 0 radical (unpaired) electrons. The van der Waals surface area contributed by atoms with Crippen molar-refractivity contribution in [3.8, 4) is 5.75 Å². The minimum atomic E-state index is -0.415. The molecule has 5 nitrogen and oxygen atoms in total. The summed E-state index contributed by atoms with van der Waals surface area (Å²) in [6, 6.07) is 10.2. The highest BCUT2D eigenvalue weighted by Gasteiger charge is 2.32. The Labute approximate surface area is 149 Å². The lowest BCUT2D eigenvalue weighted by molar-refractivity contribution is -0.117. The second-order valence-electron chi connectivity index (χ2n) is 5.70. The van der Waals surface area contributed by atoms with E-state index in [-0.39, 0.29) is 30.8 Å². The van der Waals surface area contributed by atoms with Crippen LogP contribution in [0, 0.1) is 5.82 Å². The summed E-state index contributed by atoms with van der Waals surface area (Å²) in [5.41, 5.74) is 0.772. The summed E-state index contributed by atoms with van der Waals surface area (Å²) in [7, 11) is 1.46. The predicted octanol–water partition coefficient (Wildman–Crippen LogP) is 3.02. The molecule has 1 aliphatic heterocycles. The van der Waals surface area contributed by atoms with Crippen LogP contribution in [0.1, 0.15) is 16.8 Å². The van der Waals surface area contributed by atoms with Gasteiger partial charge in [0.1, 0.15) is 11.6 Å². The summed E-state index contributed by atoms with van der Waals surface area (Å²) < 4.78 is 18.5. The van der Waals surface area contributed by atoms with Gasteiger partial charge in [-0.15, -0.1) is 0 Å². The molecule has 0 spiro atoms. The fraction of sp³-hybridized carbons (Fsp3) is 0.222. The average Bonchev–Trinajstić information content (AvgIpc) is 2.95. The molecule has 130 valence electrons. The molecule has 0 saturated carbocycles. The normalized spacial score (nSPS) is 16.8. The first kappa shape index (κ1) is 17.2. The maximum atomic E-state index is 13.4. The zero-order valence-corrected chi connectivity index (χ0v) is 14.2. The molecular weight excluding hydrogens is 347 g/mol. The van der Waals surface area contributed by atoms with Gasteiger partial charge in [-0.3, -0.25) is 9.59 Å². The van der Waals surface area contributed by atoms with Gasteiger partial charge in [0.25, 0.3) is 5.91 Å². The lowest BCUT2D eigenvalue weighted by Gasteiger charge is -2.17. The van der Waals surface area contributed by atoms with Gasteiger partial charge in [0.15, 0.2) is 0 Å². The van der Waals surface area contributed by atoms with E-state index in [1.807, 2.05) is 0 Å². The van der Waals surface area contributed by atoms with Crippen molar-refractivity contribution in [1.29, 1.82) is 0 Å². The van der Waals surface area contributed by atoms with Crippen LogP contribution in [0.3, 0.4) is 0 Å². The number of carbonyl (C=O) groups is 2. The Hall–Kier alpha value is -2.60.